The minimum atomic E-state index is -0.640. The number of hydrogen-bond donors (Lipinski definition) is 2. The summed E-state index contributed by atoms with van der Waals surface area (Å²) in [6, 6.07) is 7.90. The molecule has 3 N–H and O–H groups in total. The van der Waals surface area contributed by atoms with Crippen LogP contribution in [0.25, 0.3) is 0 Å². The van der Waals surface area contributed by atoms with Crippen LogP contribution in [0, 0.1) is 11.6 Å². The molecule has 106 valence electrons. The van der Waals surface area contributed by atoms with Crippen LogP contribution >= 0.6 is 11.6 Å². The van der Waals surface area contributed by atoms with Crippen molar-refractivity contribution in [3.05, 3.63) is 64.2 Å². The molecule has 0 aliphatic heterocycles. The normalized spacial score (nSPS) is 12.2. The average Bonchev–Trinajstić information content (AvgIpc) is 2.45. The van der Waals surface area contributed by atoms with Gasteiger partial charge in [-0.1, -0.05) is 23.7 Å². The standard InChI is InChI=1S/C14H13ClF2N2O/c1-20-9-3-4-10(13(17)7-9)14(19-18)8-2-5-12(16)11(15)6-8/h2-7,14,19H,18H2,1H3. The summed E-state index contributed by atoms with van der Waals surface area (Å²) in [6.07, 6.45) is 0. The van der Waals surface area contributed by atoms with Crippen LogP contribution in [0.5, 0.6) is 5.75 Å². The second-order valence-electron chi connectivity index (χ2n) is 4.16. The molecular formula is C14H13ClF2N2O. The molecular weight excluding hydrogens is 286 g/mol. The van der Waals surface area contributed by atoms with Gasteiger partial charge >= 0.3 is 0 Å². The third-order valence-electron chi connectivity index (χ3n) is 2.96. The van der Waals surface area contributed by atoms with Gasteiger partial charge in [-0.3, -0.25) is 5.84 Å². The summed E-state index contributed by atoms with van der Waals surface area (Å²) in [5, 5.41) is -0.0448. The van der Waals surface area contributed by atoms with E-state index in [1.807, 2.05) is 0 Å². The van der Waals surface area contributed by atoms with E-state index in [9.17, 15) is 8.78 Å². The summed E-state index contributed by atoms with van der Waals surface area (Å²) in [4.78, 5) is 0. The van der Waals surface area contributed by atoms with Crippen molar-refractivity contribution in [3.63, 3.8) is 0 Å². The number of halogens is 3. The van der Waals surface area contributed by atoms with Crippen LogP contribution in [0.15, 0.2) is 36.4 Å². The van der Waals surface area contributed by atoms with Gasteiger partial charge in [0.2, 0.25) is 0 Å². The van der Waals surface area contributed by atoms with Gasteiger partial charge in [-0.05, 0) is 23.8 Å². The lowest BCUT2D eigenvalue weighted by Crippen LogP contribution is -2.29. The maximum absolute atomic E-state index is 14.1. The van der Waals surface area contributed by atoms with Crippen LogP contribution in [-0.2, 0) is 0 Å². The molecule has 3 nitrogen and oxygen atoms in total. The number of benzene rings is 2. The summed E-state index contributed by atoms with van der Waals surface area (Å²) in [6.45, 7) is 0. The molecule has 0 bridgehead atoms. The Morgan fingerprint density at radius 3 is 2.45 bits per heavy atom. The van der Waals surface area contributed by atoms with Gasteiger partial charge in [-0.15, -0.1) is 0 Å². The lowest BCUT2D eigenvalue weighted by atomic mass is 9.98. The molecule has 0 heterocycles. The van der Waals surface area contributed by atoms with E-state index in [4.69, 9.17) is 22.2 Å². The molecule has 1 unspecified atom stereocenters. The van der Waals surface area contributed by atoms with Gasteiger partial charge in [-0.25, -0.2) is 14.2 Å². The number of hydrazine groups is 1. The number of nitrogens with two attached hydrogens (primary N) is 1. The summed E-state index contributed by atoms with van der Waals surface area (Å²) in [5.41, 5.74) is 3.37. The molecule has 0 radical (unpaired) electrons. The molecule has 2 aromatic rings. The van der Waals surface area contributed by atoms with Gasteiger partial charge in [0, 0.05) is 11.6 Å². The zero-order chi connectivity index (χ0) is 14.7. The van der Waals surface area contributed by atoms with E-state index < -0.39 is 17.7 Å². The Labute approximate surface area is 120 Å². The maximum Gasteiger partial charge on any atom is 0.141 e. The van der Waals surface area contributed by atoms with Gasteiger partial charge < -0.3 is 4.74 Å². The van der Waals surface area contributed by atoms with Gasteiger partial charge in [0.1, 0.15) is 17.4 Å². The van der Waals surface area contributed by atoms with Crippen LogP contribution in [0.3, 0.4) is 0 Å². The first-order valence-electron chi connectivity index (χ1n) is 5.81. The SMILES string of the molecule is COc1ccc(C(NN)c2ccc(F)c(Cl)c2)c(F)c1. The number of methoxy groups -OCH3 is 1. The van der Waals surface area contributed by atoms with E-state index in [0.29, 0.717) is 16.9 Å². The highest BCUT2D eigenvalue weighted by molar-refractivity contribution is 6.30. The largest absolute Gasteiger partial charge is 0.497 e. The minimum Gasteiger partial charge on any atom is -0.497 e. The Morgan fingerprint density at radius 2 is 1.90 bits per heavy atom. The summed E-state index contributed by atoms with van der Waals surface area (Å²) < 4.78 is 32.2. The fourth-order valence-electron chi connectivity index (χ4n) is 1.93. The second-order valence-corrected chi connectivity index (χ2v) is 4.57. The van der Waals surface area contributed by atoms with E-state index in [-0.39, 0.29) is 5.02 Å². The maximum atomic E-state index is 14.1. The van der Waals surface area contributed by atoms with Crippen molar-refractivity contribution in [2.24, 2.45) is 5.84 Å². The molecule has 0 aromatic heterocycles. The smallest absolute Gasteiger partial charge is 0.141 e. The van der Waals surface area contributed by atoms with Crippen molar-refractivity contribution in [2.45, 2.75) is 6.04 Å². The highest BCUT2D eigenvalue weighted by Crippen LogP contribution is 2.28. The Bertz CT molecular complexity index is 622. The summed E-state index contributed by atoms with van der Waals surface area (Å²) >= 11 is 5.73. The third-order valence-corrected chi connectivity index (χ3v) is 3.25. The molecule has 0 saturated carbocycles. The number of hydrogen-bond acceptors (Lipinski definition) is 3. The van der Waals surface area contributed by atoms with Crippen LogP contribution in [0.4, 0.5) is 8.78 Å². The highest BCUT2D eigenvalue weighted by Gasteiger charge is 2.18. The predicted octanol–water partition coefficient (Wildman–Crippen LogP) is 3.18. The molecule has 6 heteroatoms. The lowest BCUT2D eigenvalue weighted by Gasteiger charge is -2.18. The fourth-order valence-corrected chi connectivity index (χ4v) is 2.12. The highest BCUT2D eigenvalue weighted by atomic mass is 35.5. The first kappa shape index (κ1) is 14.7. The van der Waals surface area contributed by atoms with Crippen molar-refractivity contribution < 1.29 is 13.5 Å². The zero-order valence-corrected chi connectivity index (χ0v) is 11.4. The first-order chi connectivity index (χ1) is 9.56. The van der Waals surface area contributed by atoms with Gasteiger partial charge in [0.05, 0.1) is 18.2 Å². The zero-order valence-electron chi connectivity index (χ0n) is 10.7. The van der Waals surface area contributed by atoms with Crippen molar-refractivity contribution in [2.75, 3.05) is 7.11 Å². The molecule has 0 saturated heterocycles. The molecule has 0 amide bonds. The van der Waals surface area contributed by atoms with Crippen LogP contribution in [-0.4, -0.2) is 7.11 Å². The van der Waals surface area contributed by atoms with Crippen molar-refractivity contribution in [1.29, 1.82) is 0 Å². The summed E-state index contributed by atoms with van der Waals surface area (Å²) in [7, 11) is 1.45. The van der Waals surface area contributed by atoms with E-state index >= 15 is 0 Å². The Balaban J connectivity index is 2.43. The third kappa shape index (κ3) is 2.90. The molecule has 0 spiro atoms. The monoisotopic (exact) mass is 298 g/mol. The predicted molar refractivity (Wildman–Crippen MR) is 73.5 cm³/mol. The first-order valence-corrected chi connectivity index (χ1v) is 6.19. The Kier molecular flexibility index (Phi) is 4.54. The average molecular weight is 299 g/mol. The van der Waals surface area contributed by atoms with Crippen LogP contribution in [0.1, 0.15) is 17.2 Å². The molecule has 0 fully saturated rings. The molecule has 20 heavy (non-hydrogen) atoms. The van der Waals surface area contributed by atoms with Gasteiger partial charge in [0.25, 0.3) is 0 Å². The number of rotatable bonds is 4. The molecule has 1 atom stereocenters. The van der Waals surface area contributed by atoms with Gasteiger partial charge in [-0.2, -0.15) is 0 Å². The Hall–Kier alpha value is -1.69. The minimum absolute atomic E-state index is 0.0448. The van der Waals surface area contributed by atoms with E-state index in [0.717, 1.165) is 0 Å². The van der Waals surface area contributed by atoms with E-state index in [1.54, 1.807) is 12.1 Å². The fraction of sp³-hybridized carbons (Fsp3) is 0.143. The van der Waals surface area contributed by atoms with E-state index in [1.165, 1.54) is 31.4 Å². The van der Waals surface area contributed by atoms with Gasteiger partial charge in [0.15, 0.2) is 0 Å². The Morgan fingerprint density at radius 1 is 1.15 bits per heavy atom. The topological polar surface area (TPSA) is 47.3 Å². The van der Waals surface area contributed by atoms with Crippen LogP contribution in [0.2, 0.25) is 5.02 Å². The number of nitrogens with one attached hydrogen (secondary N) is 1. The molecule has 0 aliphatic carbocycles. The van der Waals surface area contributed by atoms with Crippen molar-refractivity contribution in [3.8, 4) is 5.75 Å². The lowest BCUT2D eigenvalue weighted by molar-refractivity contribution is 0.410. The summed E-state index contributed by atoms with van der Waals surface area (Å²) in [5.74, 6) is 4.86. The molecule has 2 rings (SSSR count). The van der Waals surface area contributed by atoms with Crippen LogP contribution < -0.4 is 16.0 Å². The molecule has 2 aromatic carbocycles. The van der Waals surface area contributed by atoms with E-state index in [2.05, 4.69) is 5.43 Å². The second kappa shape index (κ2) is 6.17. The number of ether oxygens (including phenoxy) is 1. The van der Waals surface area contributed by atoms with Crippen molar-refractivity contribution in [1.82, 2.24) is 5.43 Å². The quantitative estimate of drug-likeness (QED) is 0.673. The molecule has 0 aliphatic rings. The van der Waals surface area contributed by atoms with Crippen molar-refractivity contribution >= 4 is 11.6 Å².